The number of morpholine rings is 1. The Balaban J connectivity index is 1.65. The molecular formula is C25H23F3N4O2. The molecule has 6 nitrogen and oxygen atoms in total. The lowest BCUT2D eigenvalue weighted by atomic mass is 10.0. The monoisotopic (exact) mass is 468 g/mol. The first-order chi connectivity index (χ1) is 16.1. The molecule has 4 aromatic rings. The number of fused-ring (bicyclic) bond motifs is 3. The van der Waals surface area contributed by atoms with E-state index in [1.807, 2.05) is 32.0 Å². The number of alkyl halides is 3. The molecule has 2 aromatic carbocycles. The number of nitrogens with zero attached hydrogens (tertiary/aromatic N) is 2. The van der Waals surface area contributed by atoms with Gasteiger partial charge in [-0.05, 0) is 50.2 Å². The Labute approximate surface area is 193 Å². The molecule has 2 atom stereocenters. The summed E-state index contributed by atoms with van der Waals surface area (Å²) in [6.07, 6.45) is -4.29. The van der Waals surface area contributed by atoms with Gasteiger partial charge in [0.05, 0.1) is 45.6 Å². The van der Waals surface area contributed by atoms with Crippen molar-refractivity contribution < 1.29 is 22.7 Å². The number of ether oxygens (including phenoxy) is 1. The fourth-order valence-corrected chi connectivity index (χ4v) is 4.63. The highest BCUT2D eigenvalue weighted by Crippen LogP contribution is 2.35. The second-order valence-electron chi connectivity index (χ2n) is 8.74. The van der Waals surface area contributed by atoms with Gasteiger partial charge in [-0.1, -0.05) is 12.1 Å². The number of nitrogens with two attached hydrogens (primary N) is 1. The first-order valence-electron chi connectivity index (χ1n) is 10.9. The van der Waals surface area contributed by atoms with Crippen LogP contribution in [0.2, 0.25) is 0 Å². The quantitative estimate of drug-likeness (QED) is 0.437. The summed E-state index contributed by atoms with van der Waals surface area (Å²) >= 11 is 0. The van der Waals surface area contributed by atoms with Gasteiger partial charge in [0, 0.05) is 29.7 Å². The van der Waals surface area contributed by atoms with Crippen molar-refractivity contribution in [2.45, 2.75) is 32.2 Å². The fourth-order valence-electron chi connectivity index (χ4n) is 4.63. The summed E-state index contributed by atoms with van der Waals surface area (Å²) < 4.78 is 45.5. The van der Waals surface area contributed by atoms with Crippen molar-refractivity contribution in [2.75, 3.05) is 18.0 Å². The van der Waals surface area contributed by atoms with Gasteiger partial charge in [0.25, 0.3) is 5.91 Å². The molecule has 0 bridgehead atoms. The number of hydrogen-bond donors (Lipinski definition) is 2. The van der Waals surface area contributed by atoms with Crippen molar-refractivity contribution in [3.05, 3.63) is 59.7 Å². The van der Waals surface area contributed by atoms with Crippen LogP contribution in [-0.4, -0.2) is 41.2 Å². The molecule has 5 rings (SSSR count). The van der Waals surface area contributed by atoms with E-state index in [0.29, 0.717) is 11.0 Å². The van der Waals surface area contributed by atoms with E-state index in [-0.39, 0.29) is 29.0 Å². The van der Waals surface area contributed by atoms with E-state index >= 15 is 0 Å². The lowest BCUT2D eigenvalue weighted by Gasteiger charge is -2.36. The number of H-pyrrole nitrogens is 1. The van der Waals surface area contributed by atoms with E-state index in [0.717, 1.165) is 41.8 Å². The highest BCUT2D eigenvalue weighted by Gasteiger charge is 2.31. The summed E-state index contributed by atoms with van der Waals surface area (Å²) in [7, 11) is 0. The maximum absolute atomic E-state index is 13.2. The van der Waals surface area contributed by atoms with Crippen LogP contribution in [0.4, 0.5) is 18.9 Å². The summed E-state index contributed by atoms with van der Waals surface area (Å²) in [6.45, 7) is 5.56. The largest absolute Gasteiger partial charge is 0.416 e. The van der Waals surface area contributed by atoms with Crippen molar-refractivity contribution in [1.29, 1.82) is 0 Å². The summed E-state index contributed by atoms with van der Waals surface area (Å²) in [5, 5.41) is 0.754. The first kappa shape index (κ1) is 22.2. The standard InChI is InChI=1S/C25H23F3N4O2/c1-13-11-32(12-14(2)34-13)17-6-7-18-21(9-17)31-23-19(24(29)33)10-20(30-22(18)23)15-4-3-5-16(8-15)25(26,27)28/h3-10,13-14,31H,11-12H2,1-2H3,(H2,29,33)/t13-,14+. The van der Waals surface area contributed by atoms with Crippen LogP contribution >= 0.6 is 0 Å². The third-order valence-electron chi connectivity index (χ3n) is 6.07. The Kier molecular flexibility index (Phi) is 5.24. The second-order valence-corrected chi connectivity index (χ2v) is 8.74. The summed E-state index contributed by atoms with van der Waals surface area (Å²) in [5.74, 6) is -0.691. The molecule has 1 fully saturated rings. The maximum atomic E-state index is 13.2. The normalized spacial score (nSPS) is 19.1. The molecule has 0 saturated carbocycles. The Hall–Kier alpha value is -3.59. The van der Waals surface area contributed by atoms with Crippen molar-refractivity contribution in [1.82, 2.24) is 9.97 Å². The molecule has 1 saturated heterocycles. The van der Waals surface area contributed by atoms with Crippen molar-refractivity contribution in [2.24, 2.45) is 5.73 Å². The Morgan fingerprint density at radius 1 is 1.12 bits per heavy atom. The van der Waals surface area contributed by atoms with Gasteiger partial charge in [0.15, 0.2) is 0 Å². The topological polar surface area (TPSA) is 84.2 Å². The van der Waals surface area contributed by atoms with E-state index in [4.69, 9.17) is 10.5 Å². The Morgan fingerprint density at radius 3 is 2.53 bits per heavy atom. The zero-order chi connectivity index (χ0) is 24.2. The molecule has 9 heteroatoms. The van der Waals surface area contributed by atoms with Gasteiger partial charge in [-0.15, -0.1) is 0 Å². The minimum absolute atomic E-state index is 0.0975. The molecule has 1 aliphatic heterocycles. The molecule has 176 valence electrons. The van der Waals surface area contributed by atoms with Gasteiger partial charge in [0.1, 0.15) is 0 Å². The highest BCUT2D eigenvalue weighted by atomic mass is 19.4. The number of pyridine rings is 1. The van der Waals surface area contributed by atoms with Gasteiger partial charge in [-0.3, -0.25) is 4.79 Å². The minimum Gasteiger partial charge on any atom is -0.372 e. The number of rotatable bonds is 3. The van der Waals surface area contributed by atoms with E-state index < -0.39 is 17.6 Å². The molecule has 34 heavy (non-hydrogen) atoms. The molecular weight excluding hydrogens is 445 g/mol. The predicted molar refractivity (Wildman–Crippen MR) is 125 cm³/mol. The fraction of sp³-hybridized carbons (Fsp3) is 0.280. The second kappa shape index (κ2) is 8.02. The first-order valence-corrected chi connectivity index (χ1v) is 10.9. The molecule has 0 radical (unpaired) electrons. The SMILES string of the molecule is C[C@@H]1CN(c2ccc3c(c2)[nH]c2c(C(N)=O)cc(-c4cccc(C(F)(F)F)c4)nc23)C[C@H](C)O1. The molecule has 1 aliphatic rings. The lowest BCUT2D eigenvalue weighted by Crippen LogP contribution is -2.45. The third-order valence-corrected chi connectivity index (χ3v) is 6.07. The van der Waals surface area contributed by atoms with E-state index in [1.54, 1.807) is 0 Å². The average molecular weight is 468 g/mol. The van der Waals surface area contributed by atoms with Crippen LogP contribution in [0.5, 0.6) is 0 Å². The van der Waals surface area contributed by atoms with Crippen molar-refractivity contribution >= 4 is 33.5 Å². The number of anilines is 1. The number of benzene rings is 2. The van der Waals surface area contributed by atoms with E-state index in [2.05, 4.69) is 14.9 Å². The molecule has 1 amide bonds. The number of carbonyl (C=O) groups excluding carboxylic acids is 1. The van der Waals surface area contributed by atoms with Gasteiger partial charge >= 0.3 is 6.18 Å². The molecule has 3 N–H and O–H groups in total. The summed E-state index contributed by atoms with van der Waals surface area (Å²) in [4.78, 5) is 22.4. The number of primary amides is 1. The summed E-state index contributed by atoms with van der Waals surface area (Å²) in [6, 6.07) is 12.2. The number of aromatic nitrogens is 2. The third kappa shape index (κ3) is 3.96. The summed E-state index contributed by atoms with van der Waals surface area (Å²) in [5.41, 5.74) is 8.21. The van der Waals surface area contributed by atoms with Crippen LogP contribution in [-0.2, 0) is 10.9 Å². The maximum Gasteiger partial charge on any atom is 0.416 e. The number of aromatic amines is 1. The van der Waals surface area contributed by atoms with E-state index in [9.17, 15) is 18.0 Å². The zero-order valence-electron chi connectivity index (χ0n) is 18.6. The Bertz CT molecular complexity index is 1400. The zero-order valence-corrected chi connectivity index (χ0v) is 18.6. The molecule has 0 aliphatic carbocycles. The van der Waals surface area contributed by atoms with Crippen LogP contribution < -0.4 is 10.6 Å². The molecule has 2 aromatic heterocycles. The van der Waals surface area contributed by atoms with Gasteiger partial charge in [-0.25, -0.2) is 4.98 Å². The van der Waals surface area contributed by atoms with E-state index in [1.165, 1.54) is 18.2 Å². The van der Waals surface area contributed by atoms with Crippen molar-refractivity contribution in [3.63, 3.8) is 0 Å². The van der Waals surface area contributed by atoms with Gasteiger partial charge < -0.3 is 20.4 Å². The highest BCUT2D eigenvalue weighted by molar-refractivity contribution is 6.14. The smallest absolute Gasteiger partial charge is 0.372 e. The van der Waals surface area contributed by atoms with Crippen LogP contribution in [0, 0.1) is 0 Å². The number of amides is 1. The van der Waals surface area contributed by atoms with Crippen LogP contribution in [0.1, 0.15) is 29.8 Å². The van der Waals surface area contributed by atoms with Gasteiger partial charge in [-0.2, -0.15) is 13.2 Å². The van der Waals surface area contributed by atoms with Crippen LogP contribution in [0.3, 0.4) is 0 Å². The predicted octanol–water partition coefficient (Wildman–Crippen LogP) is 5.11. The van der Waals surface area contributed by atoms with Gasteiger partial charge in [0.2, 0.25) is 0 Å². The minimum atomic E-state index is -4.49. The molecule has 3 heterocycles. The number of carbonyl (C=O) groups is 1. The number of hydrogen-bond acceptors (Lipinski definition) is 4. The van der Waals surface area contributed by atoms with Crippen LogP contribution in [0.15, 0.2) is 48.5 Å². The van der Waals surface area contributed by atoms with Crippen LogP contribution in [0.25, 0.3) is 33.2 Å². The average Bonchev–Trinajstić information content (AvgIpc) is 3.15. The number of halogens is 3. The van der Waals surface area contributed by atoms with Crippen molar-refractivity contribution in [3.8, 4) is 11.3 Å². The molecule has 0 spiro atoms. The molecule has 0 unspecified atom stereocenters. The number of nitrogens with one attached hydrogen (secondary N) is 1. The Morgan fingerprint density at radius 2 is 1.85 bits per heavy atom. The lowest BCUT2D eigenvalue weighted by molar-refractivity contribution is -0.137.